The van der Waals surface area contributed by atoms with Gasteiger partial charge in [-0.3, -0.25) is 9.59 Å². The molecule has 0 aromatic heterocycles. The van der Waals surface area contributed by atoms with E-state index in [4.69, 9.17) is 9.16 Å². The quantitative estimate of drug-likeness (QED) is 0.0418. The lowest BCUT2D eigenvalue weighted by molar-refractivity contribution is -0.140. The van der Waals surface area contributed by atoms with Crippen molar-refractivity contribution in [1.82, 2.24) is 5.32 Å². The number of unbranched alkanes of at least 4 members (excludes halogenated alkanes) is 4. The molecule has 0 bridgehead atoms. The fourth-order valence-corrected chi connectivity index (χ4v) is 12.7. The molecule has 0 aromatic rings. The molecule has 0 heterocycles. The molecule has 0 fully saturated rings. The first kappa shape index (κ1) is 47.0. The number of carbonyl (C=O) groups excluding carboxylic acids is 2. The number of hydrogen-bond acceptors (Lipinski definition) is 4. The second-order valence-corrected chi connectivity index (χ2v) is 32.7. The molecule has 0 aromatic carbocycles. The van der Waals surface area contributed by atoms with E-state index >= 15 is 0 Å². The van der Waals surface area contributed by atoms with Crippen LogP contribution < -0.4 is 5.32 Å². The van der Waals surface area contributed by atoms with Gasteiger partial charge in [-0.1, -0.05) is 143 Å². The maximum atomic E-state index is 13.6. The van der Waals surface area contributed by atoms with Gasteiger partial charge in [-0.2, -0.15) is 0 Å². The van der Waals surface area contributed by atoms with E-state index in [1.54, 1.807) is 0 Å². The van der Waals surface area contributed by atoms with Crippen molar-refractivity contribution in [2.45, 2.75) is 199 Å². The third kappa shape index (κ3) is 16.8. The maximum absolute atomic E-state index is 13.6. The first-order chi connectivity index (χ1) is 22.3. The van der Waals surface area contributed by atoms with Crippen LogP contribution in [0.3, 0.4) is 0 Å². The Morgan fingerprint density at radius 2 is 1.35 bits per heavy atom. The molecule has 1 N–H and O–H groups in total. The molecular formula is C40H81NO4Si3. The molecule has 282 valence electrons. The van der Waals surface area contributed by atoms with Crippen LogP contribution in [0.25, 0.3) is 0 Å². The van der Waals surface area contributed by atoms with Crippen LogP contribution in [0.15, 0.2) is 24.3 Å². The van der Waals surface area contributed by atoms with E-state index in [0.717, 1.165) is 38.6 Å². The molecule has 0 saturated carbocycles. The van der Waals surface area contributed by atoms with Crippen molar-refractivity contribution in [3.05, 3.63) is 24.3 Å². The highest BCUT2D eigenvalue weighted by Gasteiger charge is 2.44. The van der Waals surface area contributed by atoms with E-state index in [9.17, 15) is 9.59 Å². The van der Waals surface area contributed by atoms with Gasteiger partial charge in [0.2, 0.25) is 5.91 Å². The lowest BCUT2D eigenvalue weighted by Gasteiger charge is -2.45. The van der Waals surface area contributed by atoms with Gasteiger partial charge in [0.05, 0.1) is 35.8 Å². The number of carbonyl (C=O) groups is 2. The molecular weight excluding hydrogens is 643 g/mol. The summed E-state index contributed by atoms with van der Waals surface area (Å²) < 4.78 is 12.1. The molecule has 0 radical (unpaired) electrons. The monoisotopic (exact) mass is 724 g/mol. The summed E-state index contributed by atoms with van der Waals surface area (Å²) in [6.07, 6.45) is 20.3. The first-order valence-electron chi connectivity index (χ1n) is 19.6. The minimum absolute atomic E-state index is 0.117. The third-order valence-electron chi connectivity index (χ3n) is 12.0. The molecule has 0 aliphatic rings. The van der Waals surface area contributed by atoms with Gasteiger partial charge in [0.1, 0.15) is 0 Å². The molecule has 48 heavy (non-hydrogen) atoms. The molecule has 0 unspecified atom stereocenters. The Labute approximate surface area is 302 Å². The Morgan fingerprint density at radius 1 is 0.750 bits per heavy atom. The topological polar surface area (TPSA) is 64.6 Å². The number of ether oxygens (including phenoxy) is 1. The number of rotatable bonds is 26. The van der Waals surface area contributed by atoms with E-state index in [-0.39, 0.29) is 23.9 Å². The van der Waals surface area contributed by atoms with Gasteiger partial charge >= 0.3 is 5.97 Å². The zero-order valence-electron chi connectivity index (χ0n) is 34.5. The van der Waals surface area contributed by atoms with Crippen LogP contribution in [0.1, 0.15) is 126 Å². The Bertz CT molecular complexity index is 958. The highest BCUT2D eigenvalue weighted by molar-refractivity contribution is 6.81. The lowest BCUT2D eigenvalue weighted by Crippen LogP contribution is -2.48. The maximum Gasteiger partial charge on any atom is 0.305 e. The second-order valence-electron chi connectivity index (χ2n) is 17.1. The predicted molar refractivity (Wildman–Crippen MR) is 219 cm³/mol. The molecule has 0 saturated heterocycles. The Morgan fingerprint density at radius 3 is 1.88 bits per heavy atom. The van der Waals surface area contributed by atoms with Crippen molar-refractivity contribution in [2.24, 2.45) is 5.92 Å². The SMILES string of the molecule is CCCCC[C@@H](/C=C/[C@H]([C@H](C/C=C\CCCC(=O)OC)[C@@H](CC(=O)NCCCC)O[Si](C)(C)C(C)C)[Si](C)(C)C(C)C)[Si](C)(C)C(C)C. The predicted octanol–water partition coefficient (Wildman–Crippen LogP) is 12.3. The average molecular weight is 724 g/mol. The molecule has 0 spiro atoms. The lowest BCUT2D eigenvalue weighted by atomic mass is 9.90. The summed E-state index contributed by atoms with van der Waals surface area (Å²) in [6.45, 7) is 34.4. The molecule has 0 aliphatic carbocycles. The number of methoxy groups -OCH3 is 1. The van der Waals surface area contributed by atoms with Gasteiger partial charge in [0, 0.05) is 13.0 Å². The summed E-state index contributed by atoms with van der Waals surface area (Å²) in [4.78, 5) is 25.3. The Kier molecular flexibility index (Phi) is 23.0. The van der Waals surface area contributed by atoms with Crippen molar-refractivity contribution in [1.29, 1.82) is 0 Å². The molecule has 4 atom stereocenters. The molecule has 0 rings (SSSR count). The van der Waals surface area contributed by atoms with Crippen LogP contribution in [0.2, 0.25) is 67.0 Å². The Balaban J connectivity index is 7.15. The van der Waals surface area contributed by atoms with Gasteiger partial charge in [0.25, 0.3) is 0 Å². The van der Waals surface area contributed by atoms with Gasteiger partial charge in [-0.15, -0.1) is 0 Å². The minimum atomic E-state index is -2.09. The summed E-state index contributed by atoms with van der Waals surface area (Å²) in [5, 5.41) is 3.23. The van der Waals surface area contributed by atoms with Crippen molar-refractivity contribution < 1.29 is 18.8 Å². The van der Waals surface area contributed by atoms with E-state index in [1.165, 1.54) is 32.8 Å². The van der Waals surface area contributed by atoms with Gasteiger partial charge in [-0.05, 0) is 67.7 Å². The van der Waals surface area contributed by atoms with Crippen LogP contribution in [0, 0.1) is 5.92 Å². The second kappa shape index (κ2) is 23.5. The minimum Gasteiger partial charge on any atom is -0.469 e. The van der Waals surface area contributed by atoms with Crippen molar-refractivity contribution >= 4 is 36.3 Å². The number of allylic oxidation sites excluding steroid dienone is 4. The fraction of sp³-hybridized carbons (Fsp3) is 0.850. The van der Waals surface area contributed by atoms with E-state index in [0.29, 0.717) is 40.5 Å². The number of amides is 1. The van der Waals surface area contributed by atoms with Crippen LogP contribution in [-0.2, 0) is 18.8 Å². The summed E-state index contributed by atoms with van der Waals surface area (Å²) in [6, 6.07) is 0. The largest absolute Gasteiger partial charge is 0.469 e. The molecule has 8 heteroatoms. The molecule has 0 aliphatic heterocycles. The van der Waals surface area contributed by atoms with Crippen LogP contribution in [-0.4, -0.2) is 56.1 Å². The zero-order valence-corrected chi connectivity index (χ0v) is 37.5. The van der Waals surface area contributed by atoms with E-state index in [1.807, 2.05) is 0 Å². The Hall–Kier alpha value is -0.969. The van der Waals surface area contributed by atoms with Crippen molar-refractivity contribution in [2.75, 3.05) is 13.7 Å². The van der Waals surface area contributed by atoms with Gasteiger partial charge in [-0.25, -0.2) is 0 Å². The molecule has 1 amide bonds. The summed E-state index contributed by atoms with van der Waals surface area (Å²) >= 11 is 0. The average Bonchev–Trinajstić information content (AvgIpc) is 2.99. The zero-order chi connectivity index (χ0) is 37.1. The highest BCUT2D eigenvalue weighted by Crippen LogP contribution is 2.46. The fourth-order valence-electron chi connectivity index (χ4n) is 6.17. The van der Waals surface area contributed by atoms with Crippen molar-refractivity contribution in [3.63, 3.8) is 0 Å². The van der Waals surface area contributed by atoms with E-state index < -0.39 is 24.5 Å². The molecule has 5 nitrogen and oxygen atoms in total. The standard InChI is InChI=1S/C40H81NO4Si3/c1-16-18-22-25-35(46(10,11)32(3)4)28-29-38(47(12,13)33(5)6)36(26-23-20-21-24-27-40(43)44-9)37(45-48(14,15)34(7)8)31-39(42)41-30-19-17-2/h20,23,28-29,32-38H,16-19,21-22,24-27,30-31H2,1-15H3,(H,41,42)/b23-20-,29-28+/t35-,36+,37+,38+/m0/s1. The summed E-state index contributed by atoms with van der Waals surface area (Å²) in [5.74, 6) is 0.164. The van der Waals surface area contributed by atoms with Crippen LogP contribution >= 0.6 is 0 Å². The van der Waals surface area contributed by atoms with Crippen LogP contribution in [0.4, 0.5) is 0 Å². The first-order valence-corrected chi connectivity index (χ1v) is 28.9. The third-order valence-corrected chi connectivity index (χ3v) is 26.4. The smallest absolute Gasteiger partial charge is 0.305 e. The number of hydrogen-bond donors (Lipinski definition) is 1. The summed E-state index contributed by atoms with van der Waals surface area (Å²) in [7, 11) is -4.04. The normalized spacial score (nSPS) is 15.9. The van der Waals surface area contributed by atoms with E-state index in [2.05, 4.69) is 124 Å². The van der Waals surface area contributed by atoms with Gasteiger partial charge < -0.3 is 14.5 Å². The van der Waals surface area contributed by atoms with Crippen LogP contribution in [0.5, 0.6) is 0 Å². The number of esters is 1. The van der Waals surface area contributed by atoms with Crippen molar-refractivity contribution in [3.8, 4) is 0 Å². The number of nitrogens with one attached hydrogen (secondary N) is 1. The summed E-state index contributed by atoms with van der Waals surface area (Å²) in [5.41, 5.74) is 2.75. The highest BCUT2D eigenvalue weighted by atomic mass is 28.4. The van der Waals surface area contributed by atoms with Gasteiger partial charge in [0.15, 0.2) is 8.32 Å².